The molecule has 0 radical (unpaired) electrons. The number of hydrogen-bond acceptors (Lipinski definition) is 6. The van der Waals surface area contributed by atoms with Crippen LogP contribution in [0.3, 0.4) is 0 Å². The number of amides is 4. The molecular weight excluding hydrogens is 438 g/mol. The van der Waals surface area contributed by atoms with Crippen LogP contribution in [0.5, 0.6) is 5.75 Å². The molecule has 170 valence electrons. The molecule has 1 saturated heterocycles. The Bertz CT molecular complexity index is 1310. The van der Waals surface area contributed by atoms with Gasteiger partial charge in [0.15, 0.2) is 0 Å². The fraction of sp³-hybridized carbons (Fsp3) is 0.0800. The number of nitrogens with one attached hydrogen (secondary N) is 1. The topological polar surface area (TPSA) is 119 Å². The average molecular weight is 457 g/mol. The molecule has 34 heavy (non-hydrogen) atoms. The smallest absolute Gasteiger partial charge is 0.335 e. The Morgan fingerprint density at radius 1 is 1.00 bits per heavy atom. The van der Waals surface area contributed by atoms with Crippen LogP contribution in [0.25, 0.3) is 6.08 Å². The van der Waals surface area contributed by atoms with E-state index in [4.69, 9.17) is 4.74 Å². The number of imide groups is 2. The second-order valence-electron chi connectivity index (χ2n) is 7.58. The van der Waals surface area contributed by atoms with E-state index in [-0.39, 0.29) is 17.9 Å². The molecule has 1 fully saturated rings. The van der Waals surface area contributed by atoms with Gasteiger partial charge in [0.2, 0.25) is 0 Å². The third-order valence-corrected chi connectivity index (χ3v) is 5.11. The predicted octanol–water partition coefficient (Wildman–Crippen LogP) is 4.15. The second-order valence-corrected chi connectivity index (χ2v) is 7.58. The van der Waals surface area contributed by atoms with Gasteiger partial charge in [-0.05, 0) is 48.4 Å². The van der Waals surface area contributed by atoms with Gasteiger partial charge < -0.3 is 4.74 Å². The number of carbonyl (C=O) groups is 3. The van der Waals surface area contributed by atoms with Crippen molar-refractivity contribution < 1.29 is 24.0 Å². The van der Waals surface area contributed by atoms with Crippen molar-refractivity contribution in [2.75, 3.05) is 4.90 Å². The average Bonchev–Trinajstić information content (AvgIpc) is 2.82. The van der Waals surface area contributed by atoms with E-state index in [9.17, 15) is 24.5 Å². The van der Waals surface area contributed by atoms with Gasteiger partial charge in [-0.1, -0.05) is 42.0 Å². The number of urea groups is 1. The van der Waals surface area contributed by atoms with Crippen LogP contribution in [0.15, 0.2) is 78.4 Å². The summed E-state index contributed by atoms with van der Waals surface area (Å²) in [6.45, 7) is 2.02. The normalized spacial score (nSPS) is 14.8. The third kappa shape index (κ3) is 4.83. The molecular formula is C25H19N3O6. The number of hydrogen-bond donors (Lipinski definition) is 1. The van der Waals surface area contributed by atoms with E-state index in [1.165, 1.54) is 18.2 Å². The van der Waals surface area contributed by atoms with E-state index in [2.05, 4.69) is 5.32 Å². The van der Waals surface area contributed by atoms with Crippen LogP contribution in [0, 0.1) is 17.0 Å². The standard InChI is InChI=1S/C25H19N3O6/c1-16-5-9-19(10-6-16)27-24(30)22(23(29)26-25(27)31)14-17-7-11-21(12-8-17)34-15-18-3-2-4-20(13-18)28(32)33/h2-14H,15H2,1H3,(H,26,29,31)/b22-14+. The first-order valence-electron chi connectivity index (χ1n) is 10.3. The highest BCUT2D eigenvalue weighted by Gasteiger charge is 2.36. The molecule has 0 unspecified atom stereocenters. The van der Waals surface area contributed by atoms with Gasteiger partial charge in [0.1, 0.15) is 17.9 Å². The zero-order valence-corrected chi connectivity index (χ0v) is 18.1. The highest BCUT2D eigenvalue weighted by molar-refractivity contribution is 6.39. The summed E-state index contributed by atoms with van der Waals surface area (Å²) >= 11 is 0. The lowest BCUT2D eigenvalue weighted by atomic mass is 10.1. The third-order valence-electron chi connectivity index (χ3n) is 5.11. The number of ether oxygens (including phenoxy) is 1. The quantitative estimate of drug-likeness (QED) is 0.257. The van der Waals surface area contributed by atoms with Crippen molar-refractivity contribution in [1.82, 2.24) is 5.32 Å². The molecule has 1 heterocycles. The highest BCUT2D eigenvalue weighted by Crippen LogP contribution is 2.23. The van der Waals surface area contributed by atoms with Crippen LogP contribution in [-0.4, -0.2) is 22.8 Å². The Labute approximate surface area is 194 Å². The number of nitro benzene ring substituents is 1. The zero-order valence-electron chi connectivity index (χ0n) is 18.1. The van der Waals surface area contributed by atoms with Crippen LogP contribution >= 0.6 is 0 Å². The molecule has 9 nitrogen and oxygen atoms in total. The minimum absolute atomic E-state index is 0.0170. The van der Waals surface area contributed by atoms with Crippen molar-refractivity contribution in [2.45, 2.75) is 13.5 Å². The summed E-state index contributed by atoms with van der Waals surface area (Å²) in [6.07, 6.45) is 1.40. The van der Waals surface area contributed by atoms with Crippen molar-refractivity contribution in [3.05, 3.63) is 105 Å². The van der Waals surface area contributed by atoms with Gasteiger partial charge in [-0.15, -0.1) is 0 Å². The summed E-state index contributed by atoms with van der Waals surface area (Å²) in [5, 5.41) is 13.1. The first kappa shape index (κ1) is 22.4. The van der Waals surface area contributed by atoms with Crippen LogP contribution in [0.1, 0.15) is 16.7 Å². The SMILES string of the molecule is Cc1ccc(N2C(=O)NC(=O)/C(=C\c3ccc(OCc4cccc([N+](=O)[O-])c4)cc3)C2=O)cc1. The van der Waals surface area contributed by atoms with E-state index >= 15 is 0 Å². The Morgan fingerprint density at radius 2 is 1.71 bits per heavy atom. The number of aryl methyl sites for hydroxylation is 1. The molecule has 0 saturated carbocycles. The van der Waals surface area contributed by atoms with Crippen LogP contribution in [0.4, 0.5) is 16.2 Å². The summed E-state index contributed by atoms with van der Waals surface area (Å²) in [7, 11) is 0. The fourth-order valence-corrected chi connectivity index (χ4v) is 3.34. The minimum Gasteiger partial charge on any atom is -0.489 e. The lowest BCUT2D eigenvalue weighted by molar-refractivity contribution is -0.384. The summed E-state index contributed by atoms with van der Waals surface area (Å²) in [5.74, 6) is -0.988. The zero-order chi connectivity index (χ0) is 24.2. The first-order valence-corrected chi connectivity index (χ1v) is 10.3. The maximum absolute atomic E-state index is 12.9. The Hall–Kier alpha value is -4.79. The molecule has 0 aliphatic carbocycles. The highest BCUT2D eigenvalue weighted by atomic mass is 16.6. The summed E-state index contributed by atoms with van der Waals surface area (Å²) < 4.78 is 5.67. The van der Waals surface area contributed by atoms with Gasteiger partial charge in [-0.3, -0.25) is 25.0 Å². The van der Waals surface area contributed by atoms with Gasteiger partial charge in [0, 0.05) is 12.1 Å². The number of carbonyl (C=O) groups excluding carboxylic acids is 3. The van der Waals surface area contributed by atoms with E-state index in [0.29, 0.717) is 22.6 Å². The Kier molecular flexibility index (Phi) is 6.18. The van der Waals surface area contributed by atoms with Gasteiger partial charge in [-0.25, -0.2) is 9.69 Å². The van der Waals surface area contributed by atoms with Gasteiger partial charge in [-0.2, -0.15) is 0 Å². The number of benzene rings is 3. The van der Waals surface area contributed by atoms with Gasteiger partial charge in [0.25, 0.3) is 17.5 Å². The van der Waals surface area contributed by atoms with Crippen LogP contribution in [0.2, 0.25) is 0 Å². The van der Waals surface area contributed by atoms with E-state index in [0.717, 1.165) is 10.5 Å². The Morgan fingerprint density at radius 3 is 2.38 bits per heavy atom. The molecule has 4 amide bonds. The van der Waals surface area contributed by atoms with E-state index < -0.39 is 22.8 Å². The first-order chi connectivity index (χ1) is 16.3. The molecule has 9 heteroatoms. The molecule has 0 spiro atoms. The van der Waals surface area contributed by atoms with Crippen molar-refractivity contribution in [3.63, 3.8) is 0 Å². The Balaban J connectivity index is 1.49. The summed E-state index contributed by atoms with van der Waals surface area (Å²) in [4.78, 5) is 48.9. The largest absolute Gasteiger partial charge is 0.489 e. The fourth-order valence-electron chi connectivity index (χ4n) is 3.34. The van der Waals surface area contributed by atoms with E-state index in [1.807, 2.05) is 6.92 Å². The monoisotopic (exact) mass is 457 g/mol. The van der Waals surface area contributed by atoms with Crippen LogP contribution in [-0.2, 0) is 16.2 Å². The lowest BCUT2D eigenvalue weighted by Crippen LogP contribution is -2.54. The molecule has 1 aliphatic rings. The molecule has 3 aromatic rings. The van der Waals surface area contributed by atoms with Crippen molar-refractivity contribution >= 4 is 35.3 Å². The molecule has 0 atom stereocenters. The van der Waals surface area contributed by atoms with Crippen molar-refractivity contribution in [3.8, 4) is 5.75 Å². The number of rotatable bonds is 6. The number of anilines is 1. The number of barbiturate groups is 1. The van der Waals surface area contributed by atoms with Crippen molar-refractivity contribution in [2.24, 2.45) is 0 Å². The molecule has 1 N–H and O–H groups in total. The van der Waals surface area contributed by atoms with E-state index in [1.54, 1.807) is 60.7 Å². The number of nitrogens with zero attached hydrogens (tertiary/aromatic N) is 2. The number of nitro groups is 1. The van der Waals surface area contributed by atoms with Crippen molar-refractivity contribution in [1.29, 1.82) is 0 Å². The van der Waals surface area contributed by atoms with Crippen LogP contribution < -0.4 is 15.0 Å². The lowest BCUT2D eigenvalue weighted by Gasteiger charge is -2.26. The summed E-state index contributed by atoms with van der Waals surface area (Å²) in [6, 6.07) is 18.8. The predicted molar refractivity (Wildman–Crippen MR) is 124 cm³/mol. The molecule has 0 bridgehead atoms. The maximum atomic E-state index is 12.9. The summed E-state index contributed by atoms with van der Waals surface area (Å²) in [5.41, 5.74) is 2.33. The molecule has 0 aromatic heterocycles. The van der Waals surface area contributed by atoms with Gasteiger partial charge >= 0.3 is 6.03 Å². The minimum atomic E-state index is -0.805. The molecule has 1 aliphatic heterocycles. The molecule has 3 aromatic carbocycles. The maximum Gasteiger partial charge on any atom is 0.335 e. The molecule has 4 rings (SSSR count). The number of non-ortho nitro benzene ring substituents is 1. The van der Waals surface area contributed by atoms with Gasteiger partial charge in [0.05, 0.1) is 10.6 Å². The second kappa shape index (κ2) is 9.37.